The van der Waals surface area contributed by atoms with E-state index in [4.69, 9.17) is 0 Å². The first kappa shape index (κ1) is 12.3. The summed E-state index contributed by atoms with van der Waals surface area (Å²) in [5, 5.41) is 3.16. The number of hydrogen-bond acceptors (Lipinski definition) is 3. The smallest absolute Gasteiger partial charge is 0.217 e. The van der Waals surface area contributed by atoms with Crippen LogP contribution in [0.4, 0.5) is 0 Å². The van der Waals surface area contributed by atoms with Crippen molar-refractivity contribution in [3.8, 4) is 0 Å². The van der Waals surface area contributed by atoms with E-state index in [1.165, 1.54) is 0 Å². The van der Waals surface area contributed by atoms with Crippen molar-refractivity contribution in [3.63, 3.8) is 0 Å². The van der Waals surface area contributed by atoms with Gasteiger partial charge in [-0.2, -0.15) is 0 Å². The molecule has 0 saturated carbocycles. The van der Waals surface area contributed by atoms with Crippen molar-refractivity contribution in [1.82, 2.24) is 9.62 Å². The topological polar surface area (TPSA) is 49.4 Å². The zero-order valence-corrected chi connectivity index (χ0v) is 11.0. The van der Waals surface area contributed by atoms with Gasteiger partial charge in [0, 0.05) is 13.1 Å². The van der Waals surface area contributed by atoms with E-state index < -0.39 is 10.0 Å². The van der Waals surface area contributed by atoms with E-state index in [0.29, 0.717) is 18.4 Å². The molecule has 2 rings (SSSR count). The molecule has 5 heteroatoms. The van der Waals surface area contributed by atoms with Crippen molar-refractivity contribution in [2.24, 2.45) is 11.8 Å². The highest BCUT2D eigenvalue weighted by Crippen LogP contribution is 2.33. The lowest BCUT2D eigenvalue weighted by Crippen LogP contribution is -2.33. The maximum absolute atomic E-state index is 12.3. The van der Waals surface area contributed by atoms with Crippen LogP contribution >= 0.6 is 0 Å². The van der Waals surface area contributed by atoms with Crippen LogP contribution in [0.1, 0.15) is 26.7 Å². The van der Waals surface area contributed by atoms with Crippen LogP contribution < -0.4 is 5.32 Å². The SMILES string of the molecule is CC(C)CN1C[C@H]2CCNCC[C@H]2S1(=O)=O. The summed E-state index contributed by atoms with van der Waals surface area (Å²) in [6.45, 7) is 7.38. The first-order chi connectivity index (χ1) is 7.51. The maximum Gasteiger partial charge on any atom is 0.217 e. The zero-order chi connectivity index (χ0) is 11.8. The van der Waals surface area contributed by atoms with Crippen molar-refractivity contribution < 1.29 is 8.42 Å². The number of fused-ring (bicyclic) bond motifs is 1. The van der Waals surface area contributed by atoms with Gasteiger partial charge in [-0.1, -0.05) is 13.8 Å². The predicted molar refractivity (Wildman–Crippen MR) is 64.7 cm³/mol. The van der Waals surface area contributed by atoms with Gasteiger partial charge in [0.05, 0.1) is 5.25 Å². The third-order valence-electron chi connectivity index (χ3n) is 3.57. The van der Waals surface area contributed by atoms with Crippen LogP contribution in [0.2, 0.25) is 0 Å². The van der Waals surface area contributed by atoms with Crippen LogP contribution in [0, 0.1) is 11.8 Å². The monoisotopic (exact) mass is 246 g/mol. The molecular weight excluding hydrogens is 224 g/mol. The molecule has 0 spiro atoms. The summed E-state index contributed by atoms with van der Waals surface area (Å²) in [7, 11) is -3.01. The Kier molecular flexibility index (Phi) is 3.56. The highest BCUT2D eigenvalue weighted by molar-refractivity contribution is 7.90. The Bertz CT molecular complexity index is 340. The molecule has 0 amide bonds. The Balaban J connectivity index is 2.16. The van der Waals surface area contributed by atoms with E-state index in [1.54, 1.807) is 4.31 Å². The van der Waals surface area contributed by atoms with Crippen LogP contribution in [0.3, 0.4) is 0 Å². The first-order valence-electron chi connectivity index (χ1n) is 6.21. The second-order valence-corrected chi connectivity index (χ2v) is 7.53. The van der Waals surface area contributed by atoms with Gasteiger partial charge in [0.25, 0.3) is 0 Å². The van der Waals surface area contributed by atoms with Crippen LogP contribution in [0.5, 0.6) is 0 Å². The minimum absolute atomic E-state index is 0.124. The fraction of sp³-hybridized carbons (Fsp3) is 1.00. The summed E-state index contributed by atoms with van der Waals surface area (Å²) >= 11 is 0. The molecule has 0 aromatic heterocycles. The Morgan fingerprint density at radius 3 is 2.69 bits per heavy atom. The molecular formula is C11H22N2O2S. The van der Waals surface area contributed by atoms with Crippen LogP contribution in [-0.4, -0.2) is 44.2 Å². The molecule has 0 aromatic rings. The Labute approximate surface area is 98.4 Å². The Hall–Kier alpha value is -0.130. The molecule has 16 heavy (non-hydrogen) atoms. The fourth-order valence-electron chi connectivity index (χ4n) is 2.82. The number of rotatable bonds is 2. The summed E-state index contributed by atoms with van der Waals surface area (Å²) < 4.78 is 26.3. The Morgan fingerprint density at radius 1 is 1.31 bits per heavy atom. The quantitative estimate of drug-likeness (QED) is 0.778. The van der Waals surface area contributed by atoms with E-state index in [1.807, 2.05) is 0 Å². The van der Waals surface area contributed by atoms with E-state index in [9.17, 15) is 8.42 Å². The molecule has 2 aliphatic heterocycles. The highest BCUT2D eigenvalue weighted by Gasteiger charge is 2.45. The summed E-state index contributed by atoms with van der Waals surface area (Å²) in [6, 6.07) is 0. The standard InChI is InChI=1S/C11H22N2O2S/c1-9(2)7-13-8-10-3-5-12-6-4-11(10)16(13,14)15/h9-12H,3-8H2,1-2H3/t10-,11-/m1/s1. The summed E-state index contributed by atoms with van der Waals surface area (Å²) in [6.07, 6.45) is 1.78. The van der Waals surface area contributed by atoms with Gasteiger partial charge in [0.15, 0.2) is 0 Å². The van der Waals surface area contributed by atoms with Crippen molar-refractivity contribution in [2.45, 2.75) is 31.9 Å². The lowest BCUT2D eigenvalue weighted by atomic mass is 10.0. The zero-order valence-electron chi connectivity index (χ0n) is 10.1. The molecule has 2 fully saturated rings. The summed E-state index contributed by atoms with van der Waals surface area (Å²) in [5.74, 6) is 0.758. The third-order valence-corrected chi connectivity index (χ3v) is 5.98. The van der Waals surface area contributed by atoms with Gasteiger partial charge in [0.1, 0.15) is 0 Å². The Morgan fingerprint density at radius 2 is 2.00 bits per heavy atom. The maximum atomic E-state index is 12.3. The summed E-state index contributed by atoms with van der Waals surface area (Å²) in [4.78, 5) is 0. The number of nitrogens with one attached hydrogen (secondary N) is 1. The summed E-state index contributed by atoms with van der Waals surface area (Å²) in [5.41, 5.74) is 0. The number of nitrogens with zero attached hydrogens (tertiary/aromatic N) is 1. The van der Waals surface area contributed by atoms with Crippen molar-refractivity contribution in [2.75, 3.05) is 26.2 Å². The van der Waals surface area contributed by atoms with Crippen molar-refractivity contribution in [3.05, 3.63) is 0 Å². The molecule has 2 aliphatic rings. The lowest BCUT2D eigenvalue weighted by Gasteiger charge is -2.18. The van der Waals surface area contributed by atoms with Gasteiger partial charge in [0.2, 0.25) is 10.0 Å². The molecule has 4 nitrogen and oxygen atoms in total. The van der Waals surface area contributed by atoms with Crippen LogP contribution in [0.25, 0.3) is 0 Å². The minimum atomic E-state index is -3.01. The van der Waals surface area contributed by atoms with E-state index in [2.05, 4.69) is 19.2 Å². The van der Waals surface area contributed by atoms with Gasteiger partial charge in [-0.3, -0.25) is 0 Å². The van der Waals surface area contributed by atoms with Gasteiger partial charge in [-0.25, -0.2) is 12.7 Å². The molecule has 2 heterocycles. The normalized spacial score (nSPS) is 34.9. The van der Waals surface area contributed by atoms with Gasteiger partial charge < -0.3 is 5.32 Å². The second-order valence-electron chi connectivity index (χ2n) is 5.38. The van der Waals surface area contributed by atoms with Gasteiger partial charge >= 0.3 is 0 Å². The number of hydrogen-bond donors (Lipinski definition) is 1. The minimum Gasteiger partial charge on any atom is -0.317 e. The fourth-order valence-corrected chi connectivity index (χ4v) is 5.23. The third kappa shape index (κ3) is 2.26. The average Bonchev–Trinajstić information content (AvgIpc) is 2.41. The van der Waals surface area contributed by atoms with Crippen LogP contribution in [-0.2, 0) is 10.0 Å². The molecule has 0 aromatic carbocycles. The molecule has 94 valence electrons. The van der Waals surface area contributed by atoms with E-state index in [0.717, 1.165) is 32.5 Å². The van der Waals surface area contributed by atoms with Crippen LogP contribution in [0.15, 0.2) is 0 Å². The highest BCUT2D eigenvalue weighted by atomic mass is 32.2. The van der Waals surface area contributed by atoms with E-state index >= 15 is 0 Å². The molecule has 0 aliphatic carbocycles. The molecule has 2 saturated heterocycles. The molecule has 1 N–H and O–H groups in total. The van der Waals surface area contributed by atoms with Gasteiger partial charge in [-0.15, -0.1) is 0 Å². The second kappa shape index (κ2) is 4.63. The van der Waals surface area contributed by atoms with Crippen molar-refractivity contribution in [1.29, 1.82) is 0 Å². The largest absolute Gasteiger partial charge is 0.317 e. The number of sulfonamides is 1. The van der Waals surface area contributed by atoms with E-state index in [-0.39, 0.29) is 5.25 Å². The average molecular weight is 246 g/mol. The first-order valence-corrected chi connectivity index (χ1v) is 7.72. The van der Waals surface area contributed by atoms with Crippen molar-refractivity contribution >= 4 is 10.0 Å². The molecule has 2 atom stereocenters. The molecule has 0 radical (unpaired) electrons. The molecule has 0 unspecified atom stereocenters. The lowest BCUT2D eigenvalue weighted by molar-refractivity contribution is 0.350. The predicted octanol–water partition coefficient (Wildman–Crippen LogP) is 0.656. The van der Waals surface area contributed by atoms with Gasteiger partial charge in [-0.05, 0) is 37.8 Å². The molecule has 0 bridgehead atoms.